The van der Waals surface area contributed by atoms with Crippen LogP contribution < -0.4 is 13.0 Å². The van der Waals surface area contributed by atoms with Crippen LogP contribution in [0.4, 0.5) is 5.69 Å². The summed E-state index contributed by atoms with van der Waals surface area (Å²) in [5.74, 6) is -0.217. The van der Waals surface area contributed by atoms with E-state index in [0.29, 0.717) is 33.8 Å². The van der Waals surface area contributed by atoms with Gasteiger partial charge in [0.2, 0.25) is 11.5 Å². The first kappa shape index (κ1) is 31.2. The summed E-state index contributed by atoms with van der Waals surface area (Å²) in [5.41, 5.74) is 4.86. The summed E-state index contributed by atoms with van der Waals surface area (Å²) in [5, 5.41) is 0. The van der Waals surface area contributed by atoms with Crippen molar-refractivity contribution in [1.29, 1.82) is 0 Å². The molecule has 4 aromatic carbocycles. The van der Waals surface area contributed by atoms with Crippen LogP contribution in [0.2, 0.25) is 0 Å². The smallest absolute Gasteiger partial charge is 0.437 e. The molecule has 2 N–H and O–H groups in total. The molecule has 0 radical (unpaired) electrons. The number of nitrogens with zero attached hydrogens (tertiary/aromatic N) is 2. The highest BCUT2D eigenvalue weighted by Gasteiger charge is 2.37. The van der Waals surface area contributed by atoms with Gasteiger partial charge in [-0.05, 0) is 68.9 Å². The number of aryl methyl sites for hydroxylation is 1. The lowest BCUT2D eigenvalue weighted by Gasteiger charge is -2.14. The minimum Gasteiger partial charge on any atom is -0.437 e. The van der Waals surface area contributed by atoms with E-state index in [1.54, 1.807) is 31.2 Å². The van der Waals surface area contributed by atoms with Crippen LogP contribution in [0.25, 0.3) is 39.4 Å². The summed E-state index contributed by atoms with van der Waals surface area (Å²) in [6.45, 7) is 3.74. The SMILES string of the molecule is CCCc1c(-c2ccccc2)ccc2oc(C=C(C=C3Oc4ccc(-c5ccccc5)cc4N3S(=O)(=O)O)CC)[n+](S(=O)(=O)O)c12. The summed E-state index contributed by atoms with van der Waals surface area (Å²) < 4.78 is 85.1. The number of ether oxygens (including phenoxy) is 1. The van der Waals surface area contributed by atoms with Crippen LogP contribution in [0, 0.1) is 0 Å². The molecule has 236 valence electrons. The summed E-state index contributed by atoms with van der Waals surface area (Å²) in [7, 11) is -9.70. The Morgan fingerprint density at radius 1 is 0.848 bits per heavy atom. The van der Waals surface area contributed by atoms with Gasteiger partial charge < -0.3 is 9.15 Å². The third-order valence-corrected chi connectivity index (χ3v) is 9.30. The lowest BCUT2D eigenvalue weighted by Crippen LogP contribution is -2.44. The van der Waals surface area contributed by atoms with Gasteiger partial charge in [-0.1, -0.05) is 87.0 Å². The maximum absolute atomic E-state index is 12.9. The molecule has 0 unspecified atom stereocenters. The molecule has 46 heavy (non-hydrogen) atoms. The van der Waals surface area contributed by atoms with Crippen LogP contribution in [0.3, 0.4) is 0 Å². The predicted octanol–water partition coefficient (Wildman–Crippen LogP) is 6.99. The maximum atomic E-state index is 12.9. The zero-order valence-electron chi connectivity index (χ0n) is 25.0. The predicted molar refractivity (Wildman–Crippen MR) is 176 cm³/mol. The van der Waals surface area contributed by atoms with Gasteiger partial charge in [-0.3, -0.25) is 4.55 Å². The summed E-state index contributed by atoms with van der Waals surface area (Å²) in [4.78, 5) is 0. The van der Waals surface area contributed by atoms with Crippen molar-refractivity contribution in [3.05, 3.63) is 120 Å². The lowest BCUT2D eigenvalue weighted by atomic mass is 9.96. The Kier molecular flexibility index (Phi) is 8.30. The van der Waals surface area contributed by atoms with Gasteiger partial charge >= 0.3 is 26.5 Å². The van der Waals surface area contributed by atoms with Crippen molar-refractivity contribution in [1.82, 2.24) is 0 Å². The standard InChI is InChI=1S/C34H30N2O8S2/c1-3-11-28-27(25-14-9-6-10-15-25)17-19-31-34(28)36(46(40,41)42)33(44-31)21-23(4-2)20-32-35(45(37,38)39)29-22-26(16-18-30(29)43-32)24-12-7-5-8-13-24/h5-10,12-22H,3-4,11H2,1-2H3,(H-,37,38,39,40,41,42)/p+1. The van der Waals surface area contributed by atoms with Gasteiger partial charge in [0.05, 0.1) is 6.08 Å². The van der Waals surface area contributed by atoms with Crippen molar-refractivity contribution in [3.63, 3.8) is 0 Å². The summed E-state index contributed by atoms with van der Waals surface area (Å²) in [6.07, 6.45) is 4.24. The molecular formula is C34H31N2O8S2+. The molecule has 10 nitrogen and oxygen atoms in total. The number of allylic oxidation sites excluding steroid dienone is 2. The van der Waals surface area contributed by atoms with Crippen molar-refractivity contribution >= 4 is 43.5 Å². The molecule has 0 aliphatic carbocycles. The molecule has 0 fully saturated rings. The molecule has 2 heterocycles. The molecule has 0 saturated carbocycles. The molecule has 1 aromatic heterocycles. The van der Waals surface area contributed by atoms with E-state index in [0.717, 1.165) is 20.7 Å². The Hall–Kier alpha value is -4.75. The van der Waals surface area contributed by atoms with E-state index >= 15 is 0 Å². The Bertz CT molecular complexity index is 2230. The molecule has 12 heteroatoms. The van der Waals surface area contributed by atoms with E-state index in [1.807, 2.05) is 73.7 Å². The average Bonchev–Trinajstić information content (AvgIpc) is 3.59. The van der Waals surface area contributed by atoms with Crippen LogP contribution in [0.1, 0.15) is 38.1 Å². The molecule has 0 amide bonds. The Labute approximate surface area is 267 Å². The van der Waals surface area contributed by atoms with Crippen molar-refractivity contribution < 1.29 is 39.1 Å². The second kappa shape index (κ2) is 12.2. The fraction of sp³-hybridized carbons (Fsp3) is 0.147. The highest BCUT2D eigenvalue weighted by Crippen LogP contribution is 2.43. The molecule has 0 saturated heterocycles. The van der Waals surface area contributed by atoms with E-state index in [9.17, 15) is 25.9 Å². The highest BCUT2D eigenvalue weighted by molar-refractivity contribution is 7.87. The van der Waals surface area contributed by atoms with Crippen molar-refractivity contribution in [2.24, 2.45) is 0 Å². The zero-order valence-corrected chi connectivity index (χ0v) is 26.6. The Morgan fingerprint density at radius 2 is 1.52 bits per heavy atom. The fourth-order valence-electron chi connectivity index (χ4n) is 5.63. The number of hydrogen-bond donors (Lipinski definition) is 2. The molecule has 0 bridgehead atoms. The van der Waals surface area contributed by atoms with E-state index in [-0.39, 0.29) is 40.7 Å². The molecular weight excluding hydrogens is 629 g/mol. The van der Waals surface area contributed by atoms with Gasteiger partial charge in [0, 0.05) is 11.6 Å². The summed E-state index contributed by atoms with van der Waals surface area (Å²) in [6, 6.07) is 27.3. The Balaban J connectivity index is 1.50. The lowest BCUT2D eigenvalue weighted by molar-refractivity contribution is -0.499. The zero-order chi connectivity index (χ0) is 32.6. The third kappa shape index (κ3) is 5.95. The van der Waals surface area contributed by atoms with Crippen LogP contribution in [-0.2, 0) is 27.0 Å². The minimum absolute atomic E-state index is 0.111. The third-order valence-electron chi connectivity index (χ3n) is 7.64. The first-order chi connectivity index (χ1) is 22.0. The topological polar surface area (TPSA) is 138 Å². The highest BCUT2D eigenvalue weighted by atomic mass is 32.2. The number of aromatic nitrogens is 1. The normalized spacial score (nSPS) is 14.6. The number of hydrogen-bond acceptors (Lipinski definition) is 6. The van der Waals surface area contributed by atoms with Gasteiger partial charge in [-0.25, -0.2) is 4.55 Å². The second-order valence-electron chi connectivity index (χ2n) is 10.7. The first-order valence-electron chi connectivity index (χ1n) is 14.6. The number of rotatable bonds is 9. The van der Waals surface area contributed by atoms with Crippen LogP contribution in [-0.4, -0.2) is 25.9 Å². The van der Waals surface area contributed by atoms with Crippen molar-refractivity contribution in [2.45, 2.75) is 33.1 Å². The first-order valence-corrected chi connectivity index (χ1v) is 17.4. The van der Waals surface area contributed by atoms with E-state index in [4.69, 9.17) is 9.15 Å². The largest absolute Gasteiger partial charge is 0.515 e. The number of benzene rings is 4. The van der Waals surface area contributed by atoms with Gasteiger partial charge in [0.1, 0.15) is 5.69 Å². The van der Waals surface area contributed by atoms with E-state index < -0.39 is 20.6 Å². The van der Waals surface area contributed by atoms with Crippen LogP contribution >= 0.6 is 0 Å². The molecule has 1 aliphatic rings. The van der Waals surface area contributed by atoms with Crippen molar-refractivity contribution in [2.75, 3.05) is 4.31 Å². The van der Waals surface area contributed by atoms with E-state index in [1.165, 1.54) is 12.2 Å². The van der Waals surface area contributed by atoms with Gasteiger partial charge in [0.15, 0.2) is 5.75 Å². The molecule has 0 spiro atoms. The minimum atomic E-state index is -4.87. The molecule has 5 aromatic rings. The second-order valence-corrected chi connectivity index (χ2v) is 13.2. The number of anilines is 1. The van der Waals surface area contributed by atoms with Crippen LogP contribution in [0.5, 0.6) is 5.75 Å². The van der Waals surface area contributed by atoms with Gasteiger partial charge in [0.25, 0.3) is 5.52 Å². The van der Waals surface area contributed by atoms with Gasteiger partial charge in [-0.15, -0.1) is 8.42 Å². The van der Waals surface area contributed by atoms with Crippen LogP contribution in [0.15, 0.2) is 113 Å². The molecule has 0 atom stereocenters. The Morgan fingerprint density at radius 3 is 2.13 bits per heavy atom. The fourth-order valence-corrected chi connectivity index (χ4v) is 7.08. The van der Waals surface area contributed by atoms with E-state index in [2.05, 4.69) is 0 Å². The van der Waals surface area contributed by atoms with Gasteiger partial charge in [-0.2, -0.15) is 12.7 Å². The number of fused-ring (bicyclic) bond motifs is 2. The summed E-state index contributed by atoms with van der Waals surface area (Å²) >= 11 is 0. The average molecular weight is 660 g/mol. The maximum Gasteiger partial charge on any atom is 0.515 e. The molecule has 6 rings (SSSR count). The quantitative estimate of drug-likeness (QED) is 0.128. The van der Waals surface area contributed by atoms with Crippen molar-refractivity contribution in [3.8, 4) is 28.0 Å². The monoisotopic (exact) mass is 659 g/mol. The number of oxazole rings is 1. The molecule has 1 aliphatic heterocycles.